The van der Waals surface area contributed by atoms with E-state index in [0.717, 1.165) is 10.9 Å². The molecule has 0 aliphatic carbocycles. The molecule has 5 nitrogen and oxygen atoms in total. The quantitative estimate of drug-likeness (QED) is 0.631. The Morgan fingerprint density at radius 3 is 2.46 bits per heavy atom. The zero-order valence-corrected chi connectivity index (χ0v) is 16.5. The van der Waals surface area contributed by atoms with E-state index < -0.39 is 10.0 Å². The third-order valence-corrected chi connectivity index (χ3v) is 7.24. The van der Waals surface area contributed by atoms with Crippen LogP contribution in [-0.4, -0.2) is 36.6 Å². The zero-order chi connectivity index (χ0) is 19.7. The number of nitrogens with zero attached hydrogens (tertiary/aromatic N) is 2. The summed E-state index contributed by atoms with van der Waals surface area (Å²) >= 11 is 0. The number of pyridine rings is 1. The number of rotatable bonds is 4. The zero-order valence-electron chi connectivity index (χ0n) is 15.7. The minimum absolute atomic E-state index is 0.0972. The fourth-order valence-corrected chi connectivity index (χ4v) is 5.42. The predicted molar refractivity (Wildman–Crippen MR) is 109 cm³/mol. The number of carbonyl (C=O) groups is 1. The summed E-state index contributed by atoms with van der Waals surface area (Å²) in [5.41, 5.74) is 2.18. The maximum absolute atomic E-state index is 13.2. The van der Waals surface area contributed by atoms with Gasteiger partial charge in [-0.3, -0.25) is 9.78 Å². The first-order valence-electron chi connectivity index (χ1n) is 9.41. The van der Waals surface area contributed by atoms with Crippen LogP contribution in [0.5, 0.6) is 0 Å². The van der Waals surface area contributed by atoms with Crippen molar-refractivity contribution in [2.24, 2.45) is 5.92 Å². The van der Waals surface area contributed by atoms with Gasteiger partial charge in [0.15, 0.2) is 5.78 Å². The van der Waals surface area contributed by atoms with Crippen LogP contribution in [0, 0.1) is 12.8 Å². The molecule has 1 aliphatic rings. The molecule has 2 heterocycles. The summed E-state index contributed by atoms with van der Waals surface area (Å²) in [5.74, 6) is -0.0397. The third kappa shape index (κ3) is 3.45. The second-order valence-corrected chi connectivity index (χ2v) is 9.16. The van der Waals surface area contributed by atoms with E-state index in [1.807, 2.05) is 49.4 Å². The molecule has 0 amide bonds. The van der Waals surface area contributed by atoms with E-state index in [1.165, 1.54) is 4.31 Å². The van der Waals surface area contributed by atoms with Crippen molar-refractivity contribution in [3.8, 4) is 0 Å². The number of hydrogen-bond donors (Lipinski definition) is 0. The number of fused-ring (bicyclic) bond motifs is 1. The third-order valence-electron chi connectivity index (χ3n) is 5.31. The summed E-state index contributed by atoms with van der Waals surface area (Å²) in [6, 6.07) is 16.4. The van der Waals surface area contributed by atoms with Crippen molar-refractivity contribution >= 4 is 26.7 Å². The molecule has 0 N–H and O–H groups in total. The van der Waals surface area contributed by atoms with E-state index in [-0.39, 0.29) is 16.6 Å². The Kier molecular flexibility index (Phi) is 5.00. The number of aryl methyl sites for hydroxylation is 1. The second-order valence-electron chi connectivity index (χ2n) is 7.25. The first-order chi connectivity index (χ1) is 13.5. The lowest BCUT2D eigenvalue weighted by molar-refractivity contribution is 0.0875. The van der Waals surface area contributed by atoms with Gasteiger partial charge in [-0.15, -0.1) is 0 Å². The predicted octanol–water partition coefficient (Wildman–Crippen LogP) is 3.83. The maximum Gasteiger partial charge on any atom is 0.245 e. The first kappa shape index (κ1) is 18.8. The summed E-state index contributed by atoms with van der Waals surface area (Å²) in [7, 11) is -3.66. The van der Waals surface area contributed by atoms with Gasteiger partial charge in [-0.1, -0.05) is 42.5 Å². The van der Waals surface area contributed by atoms with Crippen LogP contribution in [-0.2, 0) is 10.0 Å². The molecule has 6 heteroatoms. The number of hydrogen-bond acceptors (Lipinski definition) is 4. The van der Waals surface area contributed by atoms with Crippen molar-refractivity contribution in [3.63, 3.8) is 0 Å². The van der Waals surface area contributed by atoms with Gasteiger partial charge in [0.05, 0.1) is 5.52 Å². The highest BCUT2D eigenvalue weighted by Crippen LogP contribution is 2.29. The number of para-hydroxylation sites is 1. The van der Waals surface area contributed by atoms with E-state index >= 15 is 0 Å². The number of ketones is 1. The molecular formula is C22H22N2O3S. The molecule has 1 aliphatic heterocycles. The Balaban J connectivity index is 1.55. The number of sulfonamides is 1. The van der Waals surface area contributed by atoms with E-state index in [1.54, 1.807) is 18.3 Å². The van der Waals surface area contributed by atoms with Gasteiger partial charge in [-0.25, -0.2) is 8.42 Å². The van der Waals surface area contributed by atoms with Crippen LogP contribution >= 0.6 is 0 Å². The highest BCUT2D eigenvalue weighted by Gasteiger charge is 2.33. The smallest absolute Gasteiger partial charge is 0.245 e. The molecule has 28 heavy (non-hydrogen) atoms. The van der Waals surface area contributed by atoms with Gasteiger partial charge < -0.3 is 0 Å². The van der Waals surface area contributed by atoms with E-state index in [2.05, 4.69) is 4.98 Å². The van der Waals surface area contributed by atoms with Crippen molar-refractivity contribution in [3.05, 3.63) is 71.9 Å². The number of piperidine rings is 1. The van der Waals surface area contributed by atoms with Gasteiger partial charge in [0, 0.05) is 36.2 Å². The van der Waals surface area contributed by atoms with E-state index in [0.29, 0.717) is 37.0 Å². The maximum atomic E-state index is 13.2. The lowest BCUT2D eigenvalue weighted by Gasteiger charge is -2.30. The average Bonchev–Trinajstić information content (AvgIpc) is 2.73. The Labute approximate surface area is 165 Å². The molecular weight excluding hydrogens is 372 g/mol. The molecule has 0 radical (unpaired) electrons. The SMILES string of the molecule is Cc1cnc2c(S(=O)(=O)N3CCC(C(=O)c4ccccc4)CC3)cccc2c1. The number of Topliss-reactive ketones (excluding diaryl/α,β-unsaturated/α-hetero) is 1. The van der Waals surface area contributed by atoms with Crippen LogP contribution in [0.4, 0.5) is 0 Å². The summed E-state index contributed by atoms with van der Waals surface area (Å²) in [6.07, 6.45) is 2.75. The van der Waals surface area contributed by atoms with Crippen molar-refractivity contribution in [1.82, 2.24) is 9.29 Å². The van der Waals surface area contributed by atoms with Crippen LogP contribution in [0.25, 0.3) is 10.9 Å². The van der Waals surface area contributed by atoms with Gasteiger partial charge in [0.2, 0.25) is 10.0 Å². The van der Waals surface area contributed by atoms with Crippen LogP contribution in [0.15, 0.2) is 65.7 Å². The summed E-state index contributed by atoms with van der Waals surface area (Å²) in [4.78, 5) is 17.3. The van der Waals surface area contributed by atoms with Gasteiger partial charge in [0.25, 0.3) is 0 Å². The molecule has 1 aromatic heterocycles. The molecule has 0 saturated carbocycles. The molecule has 3 aromatic rings. The van der Waals surface area contributed by atoms with Gasteiger partial charge >= 0.3 is 0 Å². The second kappa shape index (κ2) is 7.45. The largest absolute Gasteiger partial charge is 0.294 e. The minimum atomic E-state index is -3.66. The molecule has 0 unspecified atom stereocenters. The van der Waals surface area contributed by atoms with Crippen LogP contribution < -0.4 is 0 Å². The Morgan fingerprint density at radius 2 is 1.75 bits per heavy atom. The van der Waals surface area contributed by atoms with E-state index in [4.69, 9.17) is 0 Å². The molecule has 144 valence electrons. The monoisotopic (exact) mass is 394 g/mol. The molecule has 4 rings (SSSR count). The summed E-state index contributed by atoms with van der Waals surface area (Å²) < 4.78 is 28.0. The van der Waals surface area contributed by atoms with Crippen molar-refractivity contribution in [2.75, 3.05) is 13.1 Å². The fraction of sp³-hybridized carbons (Fsp3) is 0.273. The molecule has 1 fully saturated rings. The van der Waals surface area contributed by atoms with Gasteiger partial charge in [-0.2, -0.15) is 4.31 Å². The Morgan fingerprint density at radius 1 is 1.04 bits per heavy atom. The average molecular weight is 394 g/mol. The molecule has 1 saturated heterocycles. The summed E-state index contributed by atoms with van der Waals surface area (Å²) in [5, 5.41) is 0.815. The highest BCUT2D eigenvalue weighted by atomic mass is 32.2. The van der Waals surface area contributed by atoms with Crippen LogP contribution in [0.2, 0.25) is 0 Å². The van der Waals surface area contributed by atoms with Crippen molar-refractivity contribution < 1.29 is 13.2 Å². The van der Waals surface area contributed by atoms with Gasteiger partial charge in [0.1, 0.15) is 4.90 Å². The van der Waals surface area contributed by atoms with Crippen molar-refractivity contribution in [1.29, 1.82) is 0 Å². The first-order valence-corrected chi connectivity index (χ1v) is 10.9. The summed E-state index contributed by atoms with van der Waals surface area (Å²) in [6.45, 7) is 2.61. The van der Waals surface area contributed by atoms with E-state index in [9.17, 15) is 13.2 Å². The molecule has 0 bridgehead atoms. The normalized spacial score (nSPS) is 16.3. The lowest BCUT2D eigenvalue weighted by Crippen LogP contribution is -2.40. The topological polar surface area (TPSA) is 67.3 Å². The molecule has 0 atom stereocenters. The Bertz CT molecular complexity index is 1120. The fourth-order valence-electron chi connectivity index (χ4n) is 3.79. The minimum Gasteiger partial charge on any atom is -0.294 e. The molecule has 0 spiro atoms. The Hall–Kier alpha value is -2.57. The number of benzene rings is 2. The number of carbonyl (C=O) groups excluding carboxylic acids is 1. The standard InChI is InChI=1S/C22H22N2O3S/c1-16-14-19-8-5-9-20(21(19)23-15-16)28(26,27)24-12-10-18(11-13-24)22(25)17-6-3-2-4-7-17/h2-9,14-15,18H,10-13H2,1H3. The molecule has 2 aromatic carbocycles. The van der Waals surface area contributed by atoms with Gasteiger partial charge in [-0.05, 0) is 37.5 Å². The highest BCUT2D eigenvalue weighted by molar-refractivity contribution is 7.89. The van der Waals surface area contributed by atoms with Crippen LogP contribution in [0.3, 0.4) is 0 Å². The number of aromatic nitrogens is 1. The van der Waals surface area contributed by atoms with Crippen LogP contribution in [0.1, 0.15) is 28.8 Å². The lowest BCUT2D eigenvalue weighted by atomic mass is 9.90. The van der Waals surface area contributed by atoms with Crippen molar-refractivity contribution in [2.45, 2.75) is 24.7 Å².